The monoisotopic (exact) mass is 294 g/mol. The number of nitrogens with two attached hydrogens (primary N) is 1. The fourth-order valence-corrected chi connectivity index (χ4v) is 2.03. The zero-order valence-corrected chi connectivity index (χ0v) is 11.9. The molecule has 1 heterocycles. The topological polar surface area (TPSA) is 82.3 Å². The molecule has 1 aromatic carbocycles. The predicted octanol–water partition coefficient (Wildman–Crippen LogP) is 1.70. The summed E-state index contributed by atoms with van der Waals surface area (Å²) in [6.45, 7) is 0. The Morgan fingerprint density at radius 3 is 2.65 bits per heavy atom. The number of nitrogens with one attached hydrogen (secondary N) is 1. The molecule has 0 aliphatic rings. The average Bonchev–Trinajstić information content (AvgIpc) is 2.50. The summed E-state index contributed by atoms with van der Waals surface area (Å²) < 4.78 is 10.3. The van der Waals surface area contributed by atoms with Crippen LogP contribution in [0.2, 0.25) is 5.02 Å². The van der Waals surface area contributed by atoms with E-state index in [1.807, 2.05) is 6.07 Å². The molecule has 0 saturated carbocycles. The molecule has 1 aromatic heterocycles. The first-order valence-electron chi connectivity index (χ1n) is 5.85. The number of hydrogen-bond acceptors (Lipinski definition) is 6. The van der Waals surface area contributed by atoms with Crippen molar-refractivity contribution in [3.8, 4) is 11.6 Å². The van der Waals surface area contributed by atoms with Gasteiger partial charge in [-0.1, -0.05) is 17.7 Å². The molecule has 20 heavy (non-hydrogen) atoms. The van der Waals surface area contributed by atoms with Crippen LogP contribution in [-0.4, -0.2) is 24.2 Å². The lowest BCUT2D eigenvalue weighted by molar-refractivity contribution is 0.394. The zero-order valence-electron chi connectivity index (χ0n) is 11.1. The van der Waals surface area contributed by atoms with E-state index in [0.29, 0.717) is 22.3 Å². The second kappa shape index (κ2) is 6.51. The minimum absolute atomic E-state index is 0.321. The number of benzene rings is 1. The Morgan fingerprint density at radius 1 is 1.20 bits per heavy atom. The fourth-order valence-electron chi connectivity index (χ4n) is 1.83. The number of aromatic nitrogens is 2. The van der Waals surface area contributed by atoms with Crippen LogP contribution in [0.4, 0.5) is 0 Å². The van der Waals surface area contributed by atoms with Crippen LogP contribution in [-0.2, 0) is 0 Å². The standard InChI is InChI=1S/C13H15ClN4O2/c1-19-11-5-8(3-4-9(11)14)13(18-15)10-6-12(20-2)17-7-16-10/h3-7,13,18H,15H2,1-2H3. The van der Waals surface area contributed by atoms with Gasteiger partial charge in [-0.2, -0.15) is 0 Å². The van der Waals surface area contributed by atoms with Gasteiger partial charge < -0.3 is 9.47 Å². The molecular formula is C13H15ClN4O2. The summed E-state index contributed by atoms with van der Waals surface area (Å²) in [4.78, 5) is 8.17. The molecule has 0 saturated heterocycles. The molecule has 3 N–H and O–H groups in total. The highest BCUT2D eigenvalue weighted by Gasteiger charge is 2.16. The highest BCUT2D eigenvalue weighted by molar-refractivity contribution is 6.32. The lowest BCUT2D eigenvalue weighted by Gasteiger charge is -2.17. The second-order valence-electron chi connectivity index (χ2n) is 3.98. The summed E-state index contributed by atoms with van der Waals surface area (Å²) in [5.41, 5.74) is 4.27. The third-order valence-electron chi connectivity index (χ3n) is 2.84. The van der Waals surface area contributed by atoms with Gasteiger partial charge in [0.15, 0.2) is 0 Å². The Kier molecular flexibility index (Phi) is 4.73. The van der Waals surface area contributed by atoms with Crippen molar-refractivity contribution >= 4 is 11.6 Å². The van der Waals surface area contributed by atoms with E-state index in [2.05, 4.69) is 15.4 Å². The average molecular weight is 295 g/mol. The molecule has 6 nitrogen and oxygen atoms in total. The molecule has 2 aromatic rings. The molecule has 0 spiro atoms. The van der Waals surface area contributed by atoms with Gasteiger partial charge in [-0.15, -0.1) is 0 Å². The molecule has 0 aliphatic heterocycles. The Labute approximate surface area is 121 Å². The van der Waals surface area contributed by atoms with Gasteiger partial charge in [0.1, 0.15) is 12.1 Å². The molecule has 0 bridgehead atoms. The van der Waals surface area contributed by atoms with Crippen LogP contribution >= 0.6 is 11.6 Å². The Bertz CT molecular complexity index is 594. The largest absolute Gasteiger partial charge is 0.495 e. The van der Waals surface area contributed by atoms with E-state index >= 15 is 0 Å². The number of hydrazine groups is 1. The van der Waals surface area contributed by atoms with E-state index in [-0.39, 0.29) is 6.04 Å². The van der Waals surface area contributed by atoms with Gasteiger partial charge in [-0.05, 0) is 17.7 Å². The normalized spacial score (nSPS) is 12.0. The molecule has 0 radical (unpaired) electrons. The molecule has 1 atom stereocenters. The lowest BCUT2D eigenvalue weighted by Crippen LogP contribution is -2.29. The minimum atomic E-state index is -0.321. The summed E-state index contributed by atoms with van der Waals surface area (Å²) in [7, 11) is 3.10. The van der Waals surface area contributed by atoms with Crippen molar-refractivity contribution in [2.45, 2.75) is 6.04 Å². The van der Waals surface area contributed by atoms with Crippen molar-refractivity contribution < 1.29 is 9.47 Å². The Morgan fingerprint density at radius 2 is 2.00 bits per heavy atom. The van der Waals surface area contributed by atoms with E-state index in [1.54, 1.807) is 32.4 Å². The van der Waals surface area contributed by atoms with E-state index in [1.165, 1.54) is 6.33 Å². The van der Waals surface area contributed by atoms with Gasteiger partial charge in [0.2, 0.25) is 5.88 Å². The van der Waals surface area contributed by atoms with Crippen LogP contribution in [0.5, 0.6) is 11.6 Å². The van der Waals surface area contributed by atoms with Crippen molar-refractivity contribution in [2.24, 2.45) is 5.84 Å². The van der Waals surface area contributed by atoms with Crippen LogP contribution in [0.25, 0.3) is 0 Å². The van der Waals surface area contributed by atoms with Gasteiger partial charge in [-0.25, -0.2) is 15.4 Å². The van der Waals surface area contributed by atoms with Crippen LogP contribution in [0.3, 0.4) is 0 Å². The smallest absolute Gasteiger partial charge is 0.216 e. The molecular weight excluding hydrogens is 280 g/mol. The highest BCUT2D eigenvalue weighted by Crippen LogP contribution is 2.30. The maximum atomic E-state index is 6.02. The summed E-state index contributed by atoms with van der Waals surface area (Å²) in [5, 5.41) is 0.535. The Balaban J connectivity index is 2.41. The van der Waals surface area contributed by atoms with E-state index < -0.39 is 0 Å². The number of rotatable bonds is 5. The van der Waals surface area contributed by atoms with E-state index in [4.69, 9.17) is 26.9 Å². The van der Waals surface area contributed by atoms with Crippen molar-refractivity contribution in [1.29, 1.82) is 0 Å². The highest BCUT2D eigenvalue weighted by atomic mass is 35.5. The van der Waals surface area contributed by atoms with Crippen molar-refractivity contribution in [3.05, 3.63) is 46.9 Å². The first-order valence-corrected chi connectivity index (χ1v) is 6.23. The van der Waals surface area contributed by atoms with Gasteiger partial charge in [0.25, 0.3) is 0 Å². The third kappa shape index (κ3) is 2.98. The van der Waals surface area contributed by atoms with Crippen LogP contribution in [0.15, 0.2) is 30.6 Å². The third-order valence-corrected chi connectivity index (χ3v) is 3.16. The molecule has 0 amide bonds. The van der Waals surface area contributed by atoms with Gasteiger partial charge >= 0.3 is 0 Å². The van der Waals surface area contributed by atoms with E-state index in [0.717, 1.165) is 5.56 Å². The van der Waals surface area contributed by atoms with Crippen molar-refractivity contribution in [2.75, 3.05) is 14.2 Å². The van der Waals surface area contributed by atoms with Crippen LogP contribution < -0.4 is 20.7 Å². The predicted molar refractivity (Wildman–Crippen MR) is 75.8 cm³/mol. The quantitative estimate of drug-likeness (QED) is 0.645. The minimum Gasteiger partial charge on any atom is -0.495 e. The van der Waals surface area contributed by atoms with Crippen molar-refractivity contribution in [1.82, 2.24) is 15.4 Å². The summed E-state index contributed by atoms with van der Waals surface area (Å²) in [6, 6.07) is 6.80. The van der Waals surface area contributed by atoms with Crippen LogP contribution in [0, 0.1) is 0 Å². The number of hydrogen-bond donors (Lipinski definition) is 2. The van der Waals surface area contributed by atoms with Crippen molar-refractivity contribution in [3.63, 3.8) is 0 Å². The number of nitrogens with zero attached hydrogens (tertiary/aromatic N) is 2. The zero-order chi connectivity index (χ0) is 14.5. The summed E-state index contributed by atoms with van der Waals surface area (Å²) in [5.74, 6) is 6.68. The fraction of sp³-hybridized carbons (Fsp3) is 0.231. The second-order valence-corrected chi connectivity index (χ2v) is 4.39. The SMILES string of the molecule is COc1cc(C(NN)c2ccc(Cl)c(OC)c2)ncn1. The van der Waals surface area contributed by atoms with Gasteiger partial charge in [0, 0.05) is 6.07 Å². The molecule has 1 unspecified atom stereocenters. The maximum Gasteiger partial charge on any atom is 0.216 e. The molecule has 106 valence electrons. The molecule has 7 heteroatoms. The molecule has 0 fully saturated rings. The summed E-state index contributed by atoms with van der Waals surface area (Å²) >= 11 is 6.02. The van der Waals surface area contributed by atoms with E-state index in [9.17, 15) is 0 Å². The molecule has 0 aliphatic carbocycles. The van der Waals surface area contributed by atoms with Crippen LogP contribution in [0.1, 0.15) is 17.3 Å². The number of ether oxygens (including phenoxy) is 2. The van der Waals surface area contributed by atoms with Gasteiger partial charge in [-0.3, -0.25) is 5.84 Å². The first kappa shape index (κ1) is 14.5. The summed E-state index contributed by atoms with van der Waals surface area (Å²) in [6.07, 6.45) is 1.42. The maximum absolute atomic E-state index is 6.02. The first-order chi connectivity index (χ1) is 9.69. The molecule has 2 rings (SSSR count). The number of methoxy groups -OCH3 is 2. The van der Waals surface area contributed by atoms with Gasteiger partial charge in [0.05, 0.1) is 31.0 Å². The lowest BCUT2D eigenvalue weighted by atomic mass is 10.0. The number of halogens is 1. The Hall–Kier alpha value is -1.89.